The first-order valence-corrected chi connectivity index (χ1v) is 2.08. The molecule has 0 aromatic heterocycles. The Morgan fingerprint density at radius 1 is 1.14 bits per heavy atom. The molecule has 0 aromatic rings. The number of ether oxygens (including phenoxy) is 1. The van der Waals surface area contributed by atoms with Crippen molar-refractivity contribution in [1.29, 1.82) is 0 Å². The number of hydrogen-bond donors (Lipinski definition) is 0. The molecule has 0 unspecified atom stereocenters. The molecule has 0 aromatic carbocycles. The van der Waals surface area contributed by atoms with Crippen molar-refractivity contribution in [2.24, 2.45) is 0 Å². The van der Waals surface area contributed by atoms with Gasteiger partial charge in [-0.25, -0.2) is 0 Å². The van der Waals surface area contributed by atoms with Crippen LogP contribution in [0.2, 0.25) is 0 Å². The number of hydrogen-bond acceptors (Lipinski definition) is 1. The van der Waals surface area contributed by atoms with Gasteiger partial charge in [0.25, 0.3) is 0 Å². The maximum atomic E-state index is 4.94. The summed E-state index contributed by atoms with van der Waals surface area (Å²) < 4.78 is 4.94. The van der Waals surface area contributed by atoms with Crippen molar-refractivity contribution in [2.45, 2.75) is 12.8 Å². The molecule has 7 heavy (non-hydrogen) atoms. The fourth-order valence-electron chi connectivity index (χ4n) is 0.510. The van der Waals surface area contributed by atoms with E-state index in [1.807, 2.05) is 0 Å². The van der Waals surface area contributed by atoms with Crippen LogP contribution < -0.4 is 0 Å². The molecule has 0 spiro atoms. The van der Waals surface area contributed by atoms with Gasteiger partial charge in [-0.1, -0.05) is 0 Å². The standard InChI is InChI=1S/C4H8O.Al.Li.4H/c1-2-4-5-3-1;;;;;;/h1-4H2;;;;;;/q;+3;;;3*-1. The van der Waals surface area contributed by atoms with E-state index in [1.54, 1.807) is 0 Å². The molecule has 38 valence electrons. The van der Waals surface area contributed by atoms with Gasteiger partial charge in [0.2, 0.25) is 0 Å². The Labute approximate surface area is 71.6 Å². The SMILES string of the molecule is C1CCOC1.[Al+3].[H-].[H-].[H-].[LiH]. The minimum atomic E-state index is 0. The van der Waals surface area contributed by atoms with Crippen molar-refractivity contribution in [1.82, 2.24) is 0 Å². The van der Waals surface area contributed by atoms with E-state index in [1.165, 1.54) is 12.8 Å². The molecule has 1 nitrogen and oxygen atoms in total. The zero-order valence-corrected chi connectivity index (χ0v) is 4.97. The Kier molecular flexibility index (Phi) is 11.1. The summed E-state index contributed by atoms with van der Waals surface area (Å²) in [7, 11) is 0. The topological polar surface area (TPSA) is 9.23 Å². The molecular weight excluding hydrogens is 98.0 g/mol. The second-order valence-electron chi connectivity index (χ2n) is 1.32. The van der Waals surface area contributed by atoms with Crippen LogP contribution in [0, 0.1) is 0 Å². The Morgan fingerprint density at radius 2 is 1.57 bits per heavy atom. The quantitative estimate of drug-likeness (QED) is 0.402. The van der Waals surface area contributed by atoms with E-state index in [2.05, 4.69) is 0 Å². The fourth-order valence-corrected chi connectivity index (χ4v) is 0.510. The summed E-state index contributed by atoms with van der Waals surface area (Å²) >= 11 is 0. The third-order valence-electron chi connectivity index (χ3n) is 0.827. The van der Waals surface area contributed by atoms with Gasteiger partial charge in [-0.3, -0.25) is 0 Å². The fraction of sp³-hybridized carbons (Fsp3) is 1.00. The first-order chi connectivity index (χ1) is 2.50. The summed E-state index contributed by atoms with van der Waals surface area (Å²) in [5.74, 6) is 0. The van der Waals surface area contributed by atoms with Gasteiger partial charge in [-0.2, -0.15) is 0 Å². The average Bonchev–Trinajstić information content (AvgIpc) is 1.76. The summed E-state index contributed by atoms with van der Waals surface area (Å²) in [6.07, 6.45) is 2.56. The van der Waals surface area contributed by atoms with Crippen molar-refractivity contribution in [3.8, 4) is 0 Å². The van der Waals surface area contributed by atoms with E-state index >= 15 is 0 Å². The summed E-state index contributed by atoms with van der Waals surface area (Å²) in [5.41, 5.74) is 0. The van der Waals surface area contributed by atoms with Gasteiger partial charge in [0.05, 0.1) is 0 Å². The van der Waals surface area contributed by atoms with Crippen LogP contribution in [-0.2, 0) is 4.74 Å². The summed E-state index contributed by atoms with van der Waals surface area (Å²) in [6, 6.07) is 0. The van der Waals surface area contributed by atoms with Crippen LogP contribution in [0.1, 0.15) is 17.1 Å². The van der Waals surface area contributed by atoms with Crippen molar-refractivity contribution in [3.05, 3.63) is 0 Å². The van der Waals surface area contributed by atoms with Gasteiger partial charge in [-0.15, -0.1) is 0 Å². The predicted molar refractivity (Wildman–Crippen MR) is 36.3 cm³/mol. The first-order valence-electron chi connectivity index (χ1n) is 2.08. The molecule has 0 bridgehead atoms. The van der Waals surface area contributed by atoms with Crippen LogP contribution in [0.3, 0.4) is 0 Å². The van der Waals surface area contributed by atoms with Crippen molar-refractivity contribution >= 4 is 36.2 Å². The monoisotopic (exact) mass is 110 g/mol. The Hall–Kier alpha value is 1.09. The second kappa shape index (κ2) is 7.09. The summed E-state index contributed by atoms with van der Waals surface area (Å²) in [6.45, 7) is 2.00. The van der Waals surface area contributed by atoms with Gasteiger partial charge in [-0.05, 0) is 12.8 Å². The van der Waals surface area contributed by atoms with Crippen LogP contribution in [0.25, 0.3) is 0 Å². The molecule has 0 atom stereocenters. The van der Waals surface area contributed by atoms with Crippen LogP contribution in [0.15, 0.2) is 0 Å². The van der Waals surface area contributed by atoms with Crippen LogP contribution in [0.4, 0.5) is 0 Å². The molecule has 0 amide bonds. The Morgan fingerprint density at radius 3 is 1.71 bits per heavy atom. The van der Waals surface area contributed by atoms with Gasteiger partial charge in [0, 0.05) is 13.2 Å². The van der Waals surface area contributed by atoms with E-state index in [-0.39, 0.29) is 40.5 Å². The Balaban J connectivity index is -0.0000000167. The van der Waals surface area contributed by atoms with E-state index in [4.69, 9.17) is 4.74 Å². The van der Waals surface area contributed by atoms with Crippen molar-refractivity contribution in [2.75, 3.05) is 13.2 Å². The molecule has 3 heteroatoms. The zero-order chi connectivity index (χ0) is 3.54. The average molecular weight is 110 g/mol. The van der Waals surface area contributed by atoms with Crippen molar-refractivity contribution < 1.29 is 9.02 Å². The van der Waals surface area contributed by atoms with Crippen LogP contribution in [-0.4, -0.2) is 49.4 Å². The Bertz CT molecular complexity index is 32.1. The van der Waals surface area contributed by atoms with E-state index in [9.17, 15) is 0 Å². The molecule has 1 heterocycles. The van der Waals surface area contributed by atoms with E-state index in [0.717, 1.165) is 13.2 Å². The van der Waals surface area contributed by atoms with Crippen molar-refractivity contribution in [3.63, 3.8) is 0 Å². The molecule has 0 radical (unpaired) electrons. The number of rotatable bonds is 0. The second-order valence-corrected chi connectivity index (χ2v) is 1.32. The molecular formula is C4H12AlLiO. The third-order valence-corrected chi connectivity index (χ3v) is 0.827. The molecule has 0 saturated carbocycles. The first kappa shape index (κ1) is 11.0. The van der Waals surface area contributed by atoms with E-state index < -0.39 is 0 Å². The molecule has 1 rings (SSSR count). The van der Waals surface area contributed by atoms with Gasteiger partial charge in [0.15, 0.2) is 0 Å². The van der Waals surface area contributed by atoms with E-state index in [0.29, 0.717) is 0 Å². The van der Waals surface area contributed by atoms with Gasteiger partial charge in [0.1, 0.15) is 0 Å². The maximum absolute atomic E-state index is 4.94. The molecule has 1 aliphatic rings. The molecule has 1 aliphatic heterocycles. The van der Waals surface area contributed by atoms with Crippen LogP contribution in [0.5, 0.6) is 0 Å². The summed E-state index contributed by atoms with van der Waals surface area (Å²) in [4.78, 5) is 0. The molecule has 0 N–H and O–H groups in total. The van der Waals surface area contributed by atoms with Gasteiger partial charge >= 0.3 is 36.2 Å². The zero-order valence-electron chi connectivity index (χ0n) is 6.81. The van der Waals surface area contributed by atoms with Crippen LogP contribution >= 0.6 is 0 Å². The van der Waals surface area contributed by atoms with Gasteiger partial charge < -0.3 is 9.02 Å². The molecule has 0 aliphatic carbocycles. The normalized spacial score (nSPS) is 17.1. The third kappa shape index (κ3) is 4.95. The molecule has 1 fully saturated rings. The predicted octanol–water partition coefficient (Wildman–Crippen LogP) is 0.105. The molecule has 1 saturated heterocycles. The minimum absolute atomic E-state index is 0. The summed E-state index contributed by atoms with van der Waals surface area (Å²) in [5, 5.41) is 0.